The monoisotopic (exact) mass is 304 g/mol. The second-order valence-corrected chi connectivity index (χ2v) is 5.68. The molecule has 0 radical (unpaired) electrons. The van der Waals surface area contributed by atoms with Crippen molar-refractivity contribution in [2.75, 3.05) is 0 Å². The van der Waals surface area contributed by atoms with Gasteiger partial charge >= 0.3 is 5.97 Å². The molecule has 0 heterocycles. The molecular formula is C20H32O2. The van der Waals surface area contributed by atoms with Crippen LogP contribution in [0, 0.1) is 23.7 Å². The molecule has 1 N–H and O–H groups in total. The molecule has 22 heavy (non-hydrogen) atoms. The zero-order chi connectivity index (χ0) is 16.3. The average Bonchev–Trinajstić information content (AvgIpc) is 2.50. The Labute approximate surface area is 137 Å². The van der Waals surface area contributed by atoms with Crippen LogP contribution in [0.25, 0.3) is 0 Å². The Bertz CT molecular complexity index is 376. The van der Waals surface area contributed by atoms with Crippen molar-refractivity contribution in [2.24, 2.45) is 0 Å². The highest BCUT2D eigenvalue weighted by Gasteiger charge is 1.94. The van der Waals surface area contributed by atoms with Crippen molar-refractivity contribution in [1.29, 1.82) is 0 Å². The third-order valence-corrected chi connectivity index (χ3v) is 3.45. The summed E-state index contributed by atoms with van der Waals surface area (Å²) in [7, 11) is 0. The van der Waals surface area contributed by atoms with Crippen molar-refractivity contribution < 1.29 is 9.90 Å². The van der Waals surface area contributed by atoms with E-state index >= 15 is 0 Å². The van der Waals surface area contributed by atoms with Gasteiger partial charge in [-0.05, 0) is 32.1 Å². The van der Waals surface area contributed by atoms with Crippen molar-refractivity contribution in [3.63, 3.8) is 0 Å². The molecule has 0 fully saturated rings. The van der Waals surface area contributed by atoms with E-state index < -0.39 is 5.97 Å². The summed E-state index contributed by atoms with van der Waals surface area (Å²) in [6.07, 6.45) is 14.4. The summed E-state index contributed by atoms with van der Waals surface area (Å²) < 4.78 is 0. The van der Waals surface area contributed by atoms with E-state index in [-0.39, 0.29) is 6.42 Å². The molecule has 0 unspecified atom stereocenters. The fourth-order valence-electron chi connectivity index (χ4n) is 2.09. The van der Waals surface area contributed by atoms with Gasteiger partial charge in [-0.15, -0.1) is 23.7 Å². The molecule has 0 saturated carbocycles. The van der Waals surface area contributed by atoms with Crippen LogP contribution in [0.4, 0.5) is 0 Å². The van der Waals surface area contributed by atoms with Gasteiger partial charge in [0.15, 0.2) is 0 Å². The van der Waals surface area contributed by atoms with Crippen molar-refractivity contribution in [2.45, 2.75) is 96.8 Å². The highest BCUT2D eigenvalue weighted by Crippen LogP contribution is 2.03. The first kappa shape index (κ1) is 20.6. The summed E-state index contributed by atoms with van der Waals surface area (Å²) in [5.74, 6) is 12.2. The third-order valence-electron chi connectivity index (χ3n) is 3.45. The van der Waals surface area contributed by atoms with Crippen LogP contribution in [-0.2, 0) is 4.79 Å². The first-order valence-electron chi connectivity index (χ1n) is 8.90. The standard InChI is InChI=1S/C20H32O2/c1-2-3-4-5-6-7-8-9-10-11-12-13-14-15-16-17-18-19-20(21)22/h2-6,9-12,15-19H2,1H3,(H,21,22). The number of hydrogen-bond donors (Lipinski definition) is 1. The van der Waals surface area contributed by atoms with Crippen LogP contribution in [0.1, 0.15) is 96.8 Å². The van der Waals surface area contributed by atoms with Crippen LogP contribution >= 0.6 is 0 Å². The minimum Gasteiger partial charge on any atom is -0.481 e. The molecule has 0 amide bonds. The van der Waals surface area contributed by atoms with Gasteiger partial charge in [0.1, 0.15) is 0 Å². The van der Waals surface area contributed by atoms with Crippen LogP contribution in [0.5, 0.6) is 0 Å². The Morgan fingerprint density at radius 3 is 1.50 bits per heavy atom. The van der Waals surface area contributed by atoms with Gasteiger partial charge in [0.25, 0.3) is 0 Å². The van der Waals surface area contributed by atoms with E-state index in [0.29, 0.717) is 0 Å². The molecule has 0 aliphatic carbocycles. The number of rotatable bonds is 12. The van der Waals surface area contributed by atoms with Crippen molar-refractivity contribution >= 4 is 5.97 Å². The maximum atomic E-state index is 10.3. The Morgan fingerprint density at radius 2 is 1.09 bits per heavy atom. The van der Waals surface area contributed by atoms with Gasteiger partial charge in [0.2, 0.25) is 0 Å². The lowest BCUT2D eigenvalue weighted by Crippen LogP contribution is -1.93. The number of aliphatic carboxylic acids is 1. The lowest BCUT2D eigenvalue weighted by molar-refractivity contribution is -0.137. The molecule has 0 bridgehead atoms. The number of hydrogen-bond acceptors (Lipinski definition) is 1. The predicted octanol–water partition coefficient (Wildman–Crippen LogP) is 5.56. The lowest BCUT2D eigenvalue weighted by atomic mass is 10.1. The van der Waals surface area contributed by atoms with Gasteiger partial charge in [0.05, 0.1) is 0 Å². The maximum absolute atomic E-state index is 10.3. The molecule has 0 aliphatic heterocycles. The van der Waals surface area contributed by atoms with Crippen LogP contribution in [0.3, 0.4) is 0 Å². The molecule has 2 heteroatoms. The zero-order valence-corrected chi connectivity index (χ0v) is 14.3. The van der Waals surface area contributed by atoms with E-state index in [1.807, 2.05) is 0 Å². The van der Waals surface area contributed by atoms with Gasteiger partial charge in [-0.2, -0.15) is 0 Å². The quantitative estimate of drug-likeness (QED) is 0.378. The third kappa shape index (κ3) is 18.6. The highest BCUT2D eigenvalue weighted by atomic mass is 16.4. The summed E-state index contributed by atoms with van der Waals surface area (Å²) >= 11 is 0. The molecule has 0 aromatic carbocycles. The number of carboxylic acid groups (broad SMARTS) is 1. The maximum Gasteiger partial charge on any atom is 0.303 e. The molecule has 2 nitrogen and oxygen atoms in total. The topological polar surface area (TPSA) is 37.3 Å². The van der Waals surface area contributed by atoms with Crippen LogP contribution in [0.15, 0.2) is 0 Å². The Morgan fingerprint density at radius 1 is 0.682 bits per heavy atom. The van der Waals surface area contributed by atoms with Crippen molar-refractivity contribution in [3.05, 3.63) is 0 Å². The molecule has 0 spiro atoms. The molecule has 0 aromatic rings. The van der Waals surface area contributed by atoms with E-state index in [0.717, 1.165) is 57.8 Å². The normalized spacial score (nSPS) is 9.50. The molecule has 124 valence electrons. The summed E-state index contributed by atoms with van der Waals surface area (Å²) in [4.78, 5) is 10.3. The minimum absolute atomic E-state index is 0.285. The van der Waals surface area contributed by atoms with E-state index in [4.69, 9.17) is 5.11 Å². The van der Waals surface area contributed by atoms with Gasteiger partial charge in [-0.25, -0.2) is 0 Å². The summed E-state index contributed by atoms with van der Waals surface area (Å²) in [6, 6.07) is 0. The molecule has 0 atom stereocenters. The second-order valence-electron chi connectivity index (χ2n) is 5.68. The lowest BCUT2D eigenvalue weighted by Gasteiger charge is -1.94. The van der Waals surface area contributed by atoms with Crippen LogP contribution in [-0.4, -0.2) is 11.1 Å². The van der Waals surface area contributed by atoms with E-state index in [2.05, 4.69) is 30.6 Å². The van der Waals surface area contributed by atoms with Crippen LogP contribution in [0.2, 0.25) is 0 Å². The summed E-state index contributed by atoms with van der Waals surface area (Å²) in [5, 5.41) is 8.50. The van der Waals surface area contributed by atoms with Crippen molar-refractivity contribution in [1.82, 2.24) is 0 Å². The van der Waals surface area contributed by atoms with E-state index in [1.54, 1.807) is 0 Å². The van der Waals surface area contributed by atoms with Crippen LogP contribution < -0.4 is 0 Å². The smallest absolute Gasteiger partial charge is 0.303 e. The first-order chi connectivity index (χ1) is 10.8. The average molecular weight is 304 g/mol. The van der Waals surface area contributed by atoms with E-state index in [9.17, 15) is 4.79 Å². The minimum atomic E-state index is -0.699. The first-order valence-corrected chi connectivity index (χ1v) is 8.90. The second kappa shape index (κ2) is 17.6. The Balaban J connectivity index is 3.24. The largest absolute Gasteiger partial charge is 0.481 e. The zero-order valence-electron chi connectivity index (χ0n) is 14.3. The molecule has 0 aromatic heterocycles. The Kier molecular flexibility index (Phi) is 16.5. The number of carbonyl (C=O) groups is 1. The molecule has 0 saturated heterocycles. The SMILES string of the molecule is CCCCCCC#CCCCCC#CCCCCCC(=O)O. The number of unbranched alkanes of at least 4 members (excludes halogenated alkanes) is 10. The Hall–Kier alpha value is -1.41. The van der Waals surface area contributed by atoms with Gasteiger partial charge < -0.3 is 5.11 Å². The van der Waals surface area contributed by atoms with E-state index in [1.165, 1.54) is 25.7 Å². The summed E-state index contributed by atoms with van der Waals surface area (Å²) in [6.45, 7) is 2.23. The molecule has 0 rings (SSSR count). The van der Waals surface area contributed by atoms with Gasteiger partial charge in [-0.3, -0.25) is 4.79 Å². The summed E-state index contributed by atoms with van der Waals surface area (Å²) in [5.41, 5.74) is 0. The molecule has 0 aliphatic rings. The molecular weight excluding hydrogens is 272 g/mol. The highest BCUT2D eigenvalue weighted by molar-refractivity contribution is 5.66. The number of carboxylic acids is 1. The fourth-order valence-corrected chi connectivity index (χ4v) is 2.09. The van der Waals surface area contributed by atoms with Gasteiger partial charge in [-0.1, -0.05) is 32.6 Å². The van der Waals surface area contributed by atoms with Gasteiger partial charge in [0, 0.05) is 32.1 Å². The predicted molar refractivity (Wildman–Crippen MR) is 93.5 cm³/mol. The van der Waals surface area contributed by atoms with Crippen molar-refractivity contribution in [3.8, 4) is 23.7 Å². The fraction of sp³-hybridized carbons (Fsp3) is 0.750.